The van der Waals surface area contributed by atoms with Crippen LogP contribution in [0, 0.1) is 6.57 Å². The van der Waals surface area contributed by atoms with E-state index in [2.05, 4.69) is 184 Å². The molecule has 5 heteroatoms. The van der Waals surface area contributed by atoms with Crippen LogP contribution in [0.4, 0.5) is 5.69 Å². The zero-order chi connectivity index (χ0) is 50.6. The highest BCUT2D eigenvalue weighted by molar-refractivity contribution is 6.12. The molecule has 10 rings (SSSR count). The second kappa shape index (κ2) is 20.1. The van der Waals surface area contributed by atoms with Crippen LogP contribution in [-0.4, -0.2) is 19.5 Å². The van der Waals surface area contributed by atoms with Gasteiger partial charge in [-0.2, -0.15) is 0 Å². The predicted octanol–water partition coefficient (Wildman–Crippen LogP) is 18.3. The molecular formula is C68H53N5. The first-order chi connectivity index (χ1) is 35.5. The van der Waals surface area contributed by atoms with Crippen LogP contribution in [0.5, 0.6) is 0 Å². The van der Waals surface area contributed by atoms with Gasteiger partial charge in [-0.25, -0.2) is 19.8 Å². The Kier molecular flexibility index (Phi) is 13.0. The van der Waals surface area contributed by atoms with Gasteiger partial charge in [0.05, 0.1) is 23.3 Å². The molecule has 0 radical (unpaired) electrons. The topological polar surface area (TPSA) is 48.0 Å². The molecule has 10 aromatic rings. The zero-order valence-corrected chi connectivity index (χ0v) is 41.3. The largest absolute Gasteiger partial charge is 0.308 e. The van der Waals surface area contributed by atoms with Crippen molar-refractivity contribution in [3.63, 3.8) is 0 Å². The first-order valence-corrected chi connectivity index (χ1v) is 24.3. The maximum Gasteiger partial charge on any atom is 0.188 e. The molecule has 2 aromatic heterocycles. The van der Waals surface area contributed by atoms with E-state index in [9.17, 15) is 0 Å². The van der Waals surface area contributed by atoms with Crippen molar-refractivity contribution in [2.45, 2.75) is 26.2 Å². The van der Waals surface area contributed by atoms with Crippen molar-refractivity contribution >= 4 is 38.6 Å². The Hall–Kier alpha value is -9.50. The standard InChI is InChI=1S/C68H53N5/c1-9-12-23-45(4)52-38-53(48-26-18-14-19-27-48)40-54(39-52)66-70-65(51-32-30-49(31-33-51)47-24-16-13-17-25-47)71-67(72-66)55-41-58(46(11-3)22-10-2)64(59(42-55)50-28-20-15-21-29-50)73-62-36-34-56(68(5,6)7)43-60(62)61-44-57(69-8)35-37-63(61)73/h9-44H,1-4H2,5-7H3/b23-12-,46-22+. The van der Waals surface area contributed by atoms with Crippen LogP contribution in [0.1, 0.15) is 37.5 Å². The fourth-order valence-electron chi connectivity index (χ4n) is 9.47. The number of aromatic nitrogens is 4. The molecule has 73 heavy (non-hydrogen) atoms. The Balaban J connectivity index is 1.29. The Bertz CT molecular complexity index is 3880. The van der Waals surface area contributed by atoms with Crippen molar-refractivity contribution in [1.82, 2.24) is 19.5 Å². The van der Waals surface area contributed by atoms with E-state index in [4.69, 9.17) is 21.5 Å². The quantitative estimate of drug-likeness (QED) is 0.0855. The van der Waals surface area contributed by atoms with E-state index < -0.39 is 0 Å². The van der Waals surface area contributed by atoms with Gasteiger partial charge >= 0.3 is 0 Å². The van der Waals surface area contributed by atoms with Crippen LogP contribution in [0.15, 0.2) is 245 Å². The van der Waals surface area contributed by atoms with Crippen molar-refractivity contribution in [2.24, 2.45) is 0 Å². The first kappa shape index (κ1) is 47.2. The molecule has 0 N–H and O–H groups in total. The molecule has 5 nitrogen and oxygen atoms in total. The maximum atomic E-state index is 8.01. The fourth-order valence-corrected chi connectivity index (χ4v) is 9.47. The van der Waals surface area contributed by atoms with E-state index in [-0.39, 0.29) is 5.41 Å². The van der Waals surface area contributed by atoms with Gasteiger partial charge in [0.15, 0.2) is 23.2 Å². The fraction of sp³-hybridized carbons (Fsp3) is 0.0588. The lowest BCUT2D eigenvalue weighted by molar-refractivity contribution is 0.591. The van der Waals surface area contributed by atoms with Crippen LogP contribution in [0.3, 0.4) is 0 Å². The summed E-state index contributed by atoms with van der Waals surface area (Å²) in [7, 11) is 0. The maximum absolute atomic E-state index is 8.01. The third-order valence-electron chi connectivity index (χ3n) is 13.2. The molecule has 0 aliphatic carbocycles. The number of fused-ring (bicyclic) bond motifs is 3. The number of benzene rings is 8. The summed E-state index contributed by atoms with van der Waals surface area (Å²) in [5.41, 5.74) is 16.8. The zero-order valence-electron chi connectivity index (χ0n) is 41.3. The van der Waals surface area contributed by atoms with E-state index in [0.717, 1.165) is 99.8 Å². The van der Waals surface area contributed by atoms with Crippen LogP contribution in [0.25, 0.3) is 111 Å². The SMILES string of the molecule is [C-]#[N+]c1ccc2c(c1)c1cc(C(C)(C)C)ccc1n2-c1c(/C(C=C)=C/C=C)cc(-c2nc(-c3ccc(-c4ccccc4)cc3)nc(-c3cc(C(=C)/C=C\C=C)cc(-c4ccccc4)c3)n2)cc1-c1ccccc1. The summed E-state index contributed by atoms with van der Waals surface area (Å²) in [4.78, 5) is 20.0. The Labute approximate surface area is 428 Å². The molecule has 0 saturated heterocycles. The molecule has 0 unspecified atom stereocenters. The van der Waals surface area contributed by atoms with Gasteiger partial charge in [-0.1, -0.05) is 211 Å². The van der Waals surface area contributed by atoms with Crippen molar-refractivity contribution < 1.29 is 0 Å². The Morgan fingerprint density at radius 2 is 1.07 bits per heavy atom. The predicted molar refractivity (Wildman–Crippen MR) is 308 cm³/mol. The van der Waals surface area contributed by atoms with Gasteiger partial charge in [-0.15, -0.1) is 0 Å². The summed E-state index contributed by atoms with van der Waals surface area (Å²) < 4.78 is 2.34. The average Bonchev–Trinajstić information content (AvgIpc) is 3.76. The van der Waals surface area contributed by atoms with Crippen molar-refractivity contribution in [3.8, 4) is 73.2 Å². The van der Waals surface area contributed by atoms with Crippen LogP contribution in [0.2, 0.25) is 0 Å². The van der Waals surface area contributed by atoms with Crippen molar-refractivity contribution in [1.29, 1.82) is 0 Å². The molecule has 0 saturated carbocycles. The monoisotopic (exact) mass is 939 g/mol. The molecule has 0 aliphatic rings. The van der Waals surface area contributed by atoms with E-state index in [1.54, 1.807) is 12.2 Å². The number of hydrogen-bond acceptors (Lipinski definition) is 3. The minimum absolute atomic E-state index is 0.0993. The third-order valence-corrected chi connectivity index (χ3v) is 13.2. The van der Waals surface area contributed by atoms with Gasteiger partial charge < -0.3 is 4.57 Å². The van der Waals surface area contributed by atoms with Crippen molar-refractivity contribution in [2.75, 3.05) is 0 Å². The van der Waals surface area contributed by atoms with Gasteiger partial charge in [0.25, 0.3) is 0 Å². The summed E-state index contributed by atoms with van der Waals surface area (Å²) in [5.74, 6) is 1.54. The summed E-state index contributed by atoms with van der Waals surface area (Å²) >= 11 is 0. The summed E-state index contributed by atoms with van der Waals surface area (Å²) in [6, 6.07) is 63.0. The lowest BCUT2D eigenvalue weighted by atomic mass is 9.86. The van der Waals surface area contributed by atoms with Gasteiger partial charge in [0.1, 0.15) is 0 Å². The van der Waals surface area contributed by atoms with Gasteiger partial charge in [-0.3, -0.25) is 0 Å². The van der Waals surface area contributed by atoms with Crippen LogP contribution < -0.4 is 0 Å². The van der Waals surface area contributed by atoms with E-state index in [1.807, 2.05) is 78.9 Å². The number of rotatable bonds is 13. The van der Waals surface area contributed by atoms with Gasteiger partial charge in [0, 0.05) is 33.2 Å². The van der Waals surface area contributed by atoms with Crippen molar-refractivity contribution in [3.05, 3.63) is 273 Å². The first-order valence-electron chi connectivity index (χ1n) is 24.3. The molecule has 0 bridgehead atoms. The average molecular weight is 940 g/mol. The second-order valence-corrected chi connectivity index (χ2v) is 19.0. The molecule has 0 amide bonds. The summed E-state index contributed by atoms with van der Waals surface area (Å²) in [6.07, 6.45) is 11.3. The summed E-state index contributed by atoms with van der Waals surface area (Å²) in [5, 5.41) is 2.07. The minimum atomic E-state index is -0.0993. The normalized spacial score (nSPS) is 11.7. The lowest BCUT2D eigenvalue weighted by Gasteiger charge is -2.22. The second-order valence-electron chi connectivity index (χ2n) is 19.0. The molecule has 8 aromatic carbocycles. The van der Waals surface area contributed by atoms with Gasteiger partial charge in [-0.05, 0) is 115 Å². The van der Waals surface area contributed by atoms with E-state index >= 15 is 0 Å². The molecule has 0 atom stereocenters. The molecular weight excluding hydrogens is 887 g/mol. The van der Waals surface area contributed by atoms with Gasteiger partial charge in [0.2, 0.25) is 0 Å². The number of hydrogen-bond donors (Lipinski definition) is 0. The molecule has 0 aliphatic heterocycles. The highest BCUT2D eigenvalue weighted by Gasteiger charge is 2.25. The molecule has 0 fully saturated rings. The lowest BCUT2D eigenvalue weighted by Crippen LogP contribution is -2.10. The molecule has 0 spiro atoms. The van der Waals surface area contributed by atoms with Crippen LogP contribution >= 0.6 is 0 Å². The third kappa shape index (κ3) is 9.46. The molecule has 350 valence electrons. The highest BCUT2D eigenvalue weighted by Crippen LogP contribution is 2.44. The number of allylic oxidation sites excluding steroid dienone is 8. The highest BCUT2D eigenvalue weighted by atomic mass is 15.0. The molecule has 2 heterocycles. The van der Waals surface area contributed by atoms with E-state index in [1.165, 1.54) is 5.56 Å². The summed E-state index contributed by atoms with van der Waals surface area (Å²) in [6.45, 7) is 31.6. The Morgan fingerprint density at radius 1 is 0.534 bits per heavy atom. The Morgan fingerprint density at radius 3 is 1.66 bits per heavy atom. The van der Waals surface area contributed by atoms with E-state index in [0.29, 0.717) is 23.2 Å². The smallest absolute Gasteiger partial charge is 0.188 e. The number of nitrogens with zero attached hydrogens (tertiary/aromatic N) is 5. The minimum Gasteiger partial charge on any atom is -0.308 e. The van der Waals surface area contributed by atoms with Crippen LogP contribution in [-0.2, 0) is 5.41 Å².